The average molecular weight is 252 g/mol. The van der Waals surface area contributed by atoms with Crippen LogP contribution in [0.5, 0.6) is 0 Å². The van der Waals surface area contributed by atoms with Crippen molar-refractivity contribution in [2.75, 3.05) is 24.6 Å². The quantitative estimate of drug-likeness (QED) is 0.860. The Balaban J connectivity index is 2.30. The SMILES string of the molecule is CC1(C)CNCC(CCO)N1c1ccc(F)cc1. The number of piperazine rings is 1. The van der Waals surface area contributed by atoms with Gasteiger partial charge in [-0.05, 0) is 44.5 Å². The van der Waals surface area contributed by atoms with Crippen LogP contribution < -0.4 is 10.2 Å². The van der Waals surface area contributed by atoms with Crippen LogP contribution in [0, 0.1) is 5.82 Å². The molecule has 0 spiro atoms. The number of hydrogen-bond donors (Lipinski definition) is 2. The van der Waals surface area contributed by atoms with Gasteiger partial charge in [-0.15, -0.1) is 0 Å². The van der Waals surface area contributed by atoms with E-state index in [1.807, 2.05) is 12.1 Å². The molecule has 0 radical (unpaired) electrons. The van der Waals surface area contributed by atoms with Gasteiger partial charge in [-0.2, -0.15) is 0 Å². The van der Waals surface area contributed by atoms with Crippen LogP contribution in [-0.2, 0) is 0 Å². The summed E-state index contributed by atoms with van der Waals surface area (Å²) in [6, 6.07) is 6.84. The Labute approximate surface area is 108 Å². The molecular formula is C14H21FN2O. The van der Waals surface area contributed by atoms with E-state index in [-0.39, 0.29) is 24.0 Å². The number of aliphatic hydroxyl groups is 1. The second-order valence-corrected chi connectivity index (χ2v) is 5.46. The van der Waals surface area contributed by atoms with Gasteiger partial charge in [0.2, 0.25) is 0 Å². The molecule has 1 aliphatic heterocycles. The summed E-state index contributed by atoms with van der Waals surface area (Å²) in [6.07, 6.45) is 0.716. The Morgan fingerprint density at radius 2 is 2.06 bits per heavy atom. The maximum Gasteiger partial charge on any atom is 0.123 e. The lowest BCUT2D eigenvalue weighted by Gasteiger charge is -2.49. The molecule has 2 rings (SSSR count). The van der Waals surface area contributed by atoms with Gasteiger partial charge in [-0.25, -0.2) is 4.39 Å². The van der Waals surface area contributed by atoms with E-state index in [0.29, 0.717) is 6.42 Å². The fraction of sp³-hybridized carbons (Fsp3) is 0.571. The maximum atomic E-state index is 13.0. The number of hydrogen-bond acceptors (Lipinski definition) is 3. The van der Waals surface area contributed by atoms with Crippen LogP contribution in [0.3, 0.4) is 0 Å². The first-order chi connectivity index (χ1) is 8.54. The highest BCUT2D eigenvalue weighted by Crippen LogP contribution is 2.29. The molecule has 3 nitrogen and oxygen atoms in total. The summed E-state index contributed by atoms with van der Waals surface area (Å²) in [6.45, 7) is 6.22. The minimum Gasteiger partial charge on any atom is -0.396 e. The van der Waals surface area contributed by atoms with Crippen molar-refractivity contribution in [3.8, 4) is 0 Å². The van der Waals surface area contributed by atoms with Crippen LogP contribution in [0.1, 0.15) is 20.3 Å². The Bertz CT molecular complexity index is 389. The molecule has 0 bridgehead atoms. The number of nitrogens with zero attached hydrogens (tertiary/aromatic N) is 1. The van der Waals surface area contributed by atoms with Crippen molar-refractivity contribution in [1.29, 1.82) is 0 Å². The number of nitrogens with one attached hydrogen (secondary N) is 1. The number of halogens is 1. The van der Waals surface area contributed by atoms with Gasteiger partial charge in [0.05, 0.1) is 0 Å². The van der Waals surface area contributed by atoms with Crippen molar-refractivity contribution in [3.05, 3.63) is 30.1 Å². The minimum atomic E-state index is -0.217. The van der Waals surface area contributed by atoms with E-state index in [2.05, 4.69) is 24.1 Å². The molecule has 0 aromatic heterocycles. The molecule has 1 aromatic rings. The highest BCUT2D eigenvalue weighted by atomic mass is 19.1. The summed E-state index contributed by atoms with van der Waals surface area (Å²) in [5.41, 5.74) is 0.969. The van der Waals surface area contributed by atoms with Crippen molar-refractivity contribution in [3.63, 3.8) is 0 Å². The zero-order valence-electron chi connectivity index (χ0n) is 11.0. The van der Waals surface area contributed by atoms with E-state index in [4.69, 9.17) is 0 Å². The van der Waals surface area contributed by atoms with E-state index >= 15 is 0 Å². The normalized spacial score (nSPS) is 23.1. The molecule has 18 heavy (non-hydrogen) atoms. The van der Waals surface area contributed by atoms with Crippen LogP contribution in [0.25, 0.3) is 0 Å². The second-order valence-electron chi connectivity index (χ2n) is 5.46. The van der Waals surface area contributed by atoms with Crippen molar-refractivity contribution in [2.45, 2.75) is 31.8 Å². The Morgan fingerprint density at radius 3 is 2.67 bits per heavy atom. The fourth-order valence-electron chi connectivity index (χ4n) is 2.76. The van der Waals surface area contributed by atoms with Gasteiger partial charge in [0.1, 0.15) is 5.82 Å². The molecule has 0 saturated carbocycles. The van der Waals surface area contributed by atoms with Gasteiger partial charge in [0.15, 0.2) is 0 Å². The summed E-state index contributed by atoms with van der Waals surface area (Å²) in [7, 11) is 0. The molecule has 1 fully saturated rings. The highest BCUT2D eigenvalue weighted by molar-refractivity contribution is 5.51. The van der Waals surface area contributed by atoms with E-state index in [1.54, 1.807) is 0 Å². The summed E-state index contributed by atoms with van der Waals surface area (Å²) in [5.74, 6) is -0.217. The van der Waals surface area contributed by atoms with Crippen LogP contribution in [0.4, 0.5) is 10.1 Å². The largest absolute Gasteiger partial charge is 0.396 e. The van der Waals surface area contributed by atoms with Crippen LogP contribution in [0.15, 0.2) is 24.3 Å². The fourth-order valence-corrected chi connectivity index (χ4v) is 2.76. The third kappa shape index (κ3) is 2.65. The lowest BCUT2D eigenvalue weighted by Crippen LogP contribution is -2.63. The number of rotatable bonds is 3. The first-order valence-electron chi connectivity index (χ1n) is 6.41. The molecule has 1 aliphatic rings. The Morgan fingerprint density at radius 1 is 1.39 bits per heavy atom. The van der Waals surface area contributed by atoms with Gasteiger partial charge in [-0.3, -0.25) is 0 Å². The maximum absolute atomic E-state index is 13.0. The molecule has 0 amide bonds. The molecule has 1 aromatic carbocycles. The van der Waals surface area contributed by atoms with Crippen molar-refractivity contribution < 1.29 is 9.50 Å². The van der Waals surface area contributed by atoms with E-state index in [0.717, 1.165) is 18.8 Å². The third-order valence-electron chi connectivity index (χ3n) is 3.52. The summed E-state index contributed by atoms with van der Waals surface area (Å²) in [5, 5.41) is 12.6. The molecule has 1 unspecified atom stereocenters. The van der Waals surface area contributed by atoms with Crippen LogP contribution in [0.2, 0.25) is 0 Å². The first-order valence-corrected chi connectivity index (χ1v) is 6.41. The Hall–Kier alpha value is -1.13. The topological polar surface area (TPSA) is 35.5 Å². The number of anilines is 1. The molecule has 100 valence electrons. The van der Waals surface area contributed by atoms with Crippen molar-refractivity contribution >= 4 is 5.69 Å². The lowest BCUT2D eigenvalue weighted by molar-refractivity contribution is 0.241. The molecule has 2 N–H and O–H groups in total. The van der Waals surface area contributed by atoms with Gasteiger partial charge in [-0.1, -0.05) is 0 Å². The third-order valence-corrected chi connectivity index (χ3v) is 3.52. The molecule has 1 heterocycles. The monoisotopic (exact) mass is 252 g/mol. The lowest BCUT2D eigenvalue weighted by atomic mass is 9.94. The van der Waals surface area contributed by atoms with E-state index in [9.17, 15) is 9.50 Å². The summed E-state index contributed by atoms with van der Waals surface area (Å²) >= 11 is 0. The highest BCUT2D eigenvalue weighted by Gasteiger charge is 2.35. The zero-order chi connectivity index (χ0) is 13.2. The second kappa shape index (κ2) is 5.24. The summed E-state index contributed by atoms with van der Waals surface area (Å²) < 4.78 is 13.0. The van der Waals surface area contributed by atoms with E-state index < -0.39 is 0 Å². The van der Waals surface area contributed by atoms with Crippen LogP contribution >= 0.6 is 0 Å². The zero-order valence-corrected chi connectivity index (χ0v) is 11.0. The smallest absolute Gasteiger partial charge is 0.123 e. The molecule has 1 saturated heterocycles. The molecule has 0 aliphatic carbocycles. The predicted molar refractivity (Wildman–Crippen MR) is 71.3 cm³/mol. The molecular weight excluding hydrogens is 231 g/mol. The standard InChI is InChI=1S/C14H21FN2O/c1-14(2)10-16-9-13(7-8-18)17(14)12-5-3-11(15)4-6-12/h3-6,13,16,18H,7-10H2,1-2H3. The predicted octanol–water partition coefficient (Wildman–Crippen LogP) is 1.76. The summed E-state index contributed by atoms with van der Waals surface area (Å²) in [4.78, 5) is 2.29. The van der Waals surface area contributed by atoms with Crippen molar-refractivity contribution in [1.82, 2.24) is 5.32 Å². The first kappa shape index (κ1) is 13.3. The van der Waals surface area contributed by atoms with Gasteiger partial charge >= 0.3 is 0 Å². The van der Waals surface area contributed by atoms with Crippen molar-refractivity contribution in [2.24, 2.45) is 0 Å². The molecule has 4 heteroatoms. The van der Waals surface area contributed by atoms with Crippen LogP contribution in [-0.4, -0.2) is 36.4 Å². The van der Waals surface area contributed by atoms with Gasteiger partial charge < -0.3 is 15.3 Å². The minimum absolute atomic E-state index is 0.0457. The number of benzene rings is 1. The van der Waals surface area contributed by atoms with E-state index in [1.165, 1.54) is 12.1 Å². The van der Waals surface area contributed by atoms with Gasteiger partial charge in [0, 0.05) is 37.0 Å². The van der Waals surface area contributed by atoms with Gasteiger partial charge in [0.25, 0.3) is 0 Å². The Kier molecular flexibility index (Phi) is 3.88. The number of aliphatic hydroxyl groups excluding tert-OH is 1. The molecule has 1 atom stereocenters. The average Bonchev–Trinajstić information content (AvgIpc) is 2.31.